The second kappa shape index (κ2) is 9.79. The molecule has 0 fully saturated rings. The van der Waals surface area contributed by atoms with Gasteiger partial charge in [-0.25, -0.2) is 4.68 Å². The van der Waals surface area contributed by atoms with E-state index >= 15 is 0 Å². The van der Waals surface area contributed by atoms with Crippen LogP contribution in [-0.2, 0) is 18.9 Å². The van der Waals surface area contributed by atoms with Crippen molar-refractivity contribution < 1.29 is 9.59 Å². The molecule has 174 valence electrons. The molecule has 0 spiro atoms. The molecule has 2 aromatic carbocycles. The molecule has 10 nitrogen and oxygen atoms in total. The minimum atomic E-state index is -0.415. The maximum absolute atomic E-state index is 13.0. The minimum absolute atomic E-state index is 0.176. The molecule has 0 aliphatic carbocycles. The van der Waals surface area contributed by atoms with Gasteiger partial charge in [0.1, 0.15) is 12.0 Å². The van der Waals surface area contributed by atoms with E-state index in [1.54, 1.807) is 60.9 Å². The Morgan fingerprint density at radius 2 is 1.71 bits per heavy atom. The number of nitrogens with one attached hydrogen (secondary N) is 2. The maximum atomic E-state index is 13.0. The molecule has 0 aliphatic rings. The first-order valence-electron chi connectivity index (χ1n) is 10.4. The van der Waals surface area contributed by atoms with E-state index in [1.807, 2.05) is 30.3 Å². The van der Waals surface area contributed by atoms with Crippen molar-refractivity contribution in [3.63, 3.8) is 0 Å². The van der Waals surface area contributed by atoms with Gasteiger partial charge in [0.15, 0.2) is 5.16 Å². The van der Waals surface area contributed by atoms with E-state index in [0.29, 0.717) is 27.8 Å². The molecular formula is C23H23N7O3S. The predicted octanol–water partition coefficient (Wildman–Crippen LogP) is 2.60. The van der Waals surface area contributed by atoms with Crippen LogP contribution in [0.5, 0.6) is 0 Å². The first-order valence-corrected chi connectivity index (χ1v) is 11.4. The third-order valence-electron chi connectivity index (χ3n) is 5.23. The third-order valence-corrected chi connectivity index (χ3v) is 6.26. The normalized spacial score (nSPS) is 10.8. The van der Waals surface area contributed by atoms with Gasteiger partial charge in [-0.2, -0.15) is 0 Å². The number of carbonyl (C=O) groups is 2. The molecule has 0 saturated heterocycles. The van der Waals surface area contributed by atoms with Crippen molar-refractivity contribution in [2.75, 3.05) is 16.4 Å². The average Bonchev–Trinajstić information content (AvgIpc) is 3.34. The van der Waals surface area contributed by atoms with Crippen molar-refractivity contribution >= 4 is 35.0 Å². The SMILES string of the molecule is Cc1c(NC(=O)c2ccc(NC(=O)CSc3nncn3C)cc2)c(=O)n(-c2ccccc2)n1C. The van der Waals surface area contributed by atoms with Gasteiger partial charge in [-0.3, -0.25) is 19.1 Å². The van der Waals surface area contributed by atoms with Crippen molar-refractivity contribution in [2.45, 2.75) is 12.1 Å². The van der Waals surface area contributed by atoms with Crippen LogP contribution >= 0.6 is 11.8 Å². The van der Waals surface area contributed by atoms with Gasteiger partial charge in [0.05, 0.1) is 17.1 Å². The molecule has 2 N–H and O–H groups in total. The van der Waals surface area contributed by atoms with Crippen molar-refractivity contribution in [3.8, 4) is 5.69 Å². The van der Waals surface area contributed by atoms with Crippen LogP contribution in [0.1, 0.15) is 16.1 Å². The van der Waals surface area contributed by atoms with Gasteiger partial charge in [-0.1, -0.05) is 30.0 Å². The highest BCUT2D eigenvalue weighted by Crippen LogP contribution is 2.17. The minimum Gasteiger partial charge on any atom is -0.325 e. The van der Waals surface area contributed by atoms with Gasteiger partial charge >= 0.3 is 0 Å². The average molecular weight is 478 g/mol. The van der Waals surface area contributed by atoms with Crippen LogP contribution in [0.2, 0.25) is 0 Å². The van der Waals surface area contributed by atoms with Gasteiger partial charge in [-0.05, 0) is 43.3 Å². The highest BCUT2D eigenvalue weighted by atomic mass is 32.2. The molecule has 2 amide bonds. The number of anilines is 2. The number of benzene rings is 2. The van der Waals surface area contributed by atoms with Gasteiger partial charge in [0.2, 0.25) is 5.91 Å². The van der Waals surface area contributed by atoms with Crippen LogP contribution in [0.4, 0.5) is 11.4 Å². The Hall–Kier alpha value is -4.12. The molecule has 2 aromatic heterocycles. The molecule has 0 aliphatic heterocycles. The van der Waals surface area contributed by atoms with Gasteiger partial charge < -0.3 is 15.2 Å². The lowest BCUT2D eigenvalue weighted by atomic mass is 10.2. The van der Waals surface area contributed by atoms with E-state index in [1.165, 1.54) is 16.4 Å². The quantitative estimate of drug-likeness (QED) is 0.395. The van der Waals surface area contributed by atoms with E-state index in [0.717, 1.165) is 0 Å². The molecule has 0 atom stereocenters. The first-order chi connectivity index (χ1) is 16.3. The largest absolute Gasteiger partial charge is 0.325 e. The molecular weight excluding hydrogens is 454 g/mol. The lowest BCUT2D eigenvalue weighted by Crippen LogP contribution is -2.23. The van der Waals surface area contributed by atoms with E-state index in [9.17, 15) is 14.4 Å². The summed E-state index contributed by atoms with van der Waals surface area (Å²) in [6.45, 7) is 1.77. The van der Waals surface area contributed by atoms with Crippen LogP contribution in [0, 0.1) is 6.92 Å². The van der Waals surface area contributed by atoms with Crippen molar-refractivity contribution in [1.29, 1.82) is 0 Å². The van der Waals surface area contributed by atoms with Crippen LogP contribution in [-0.4, -0.2) is 41.7 Å². The number of amides is 2. The van der Waals surface area contributed by atoms with E-state index in [-0.39, 0.29) is 22.9 Å². The van der Waals surface area contributed by atoms with Gasteiger partial charge in [0.25, 0.3) is 11.5 Å². The van der Waals surface area contributed by atoms with E-state index in [2.05, 4.69) is 20.8 Å². The van der Waals surface area contributed by atoms with Crippen LogP contribution in [0.15, 0.2) is 70.9 Å². The zero-order chi connectivity index (χ0) is 24.2. The van der Waals surface area contributed by atoms with Crippen molar-refractivity contribution in [1.82, 2.24) is 24.1 Å². The summed E-state index contributed by atoms with van der Waals surface area (Å²) in [5, 5.41) is 13.8. The Morgan fingerprint density at radius 1 is 1.00 bits per heavy atom. The van der Waals surface area contributed by atoms with Crippen LogP contribution < -0.4 is 16.2 Å². The molecule has 0 radical (unpaired) electrons. The molecule has 4 aromatic rings. The number of aromatic nitrogens is 5. The number of thioether (sulfide) groups is 1. The van der Waals surface area contributed by atoms with Crippen molar-refractivity contribution in [2.24, 2.45) is 14.1 Å². The zero-order valence-corrected chi connectivity index (χ0v) is 19.7. The summed E-state index contributed by atoms with van der Waals surface area (Å²) in [6.07, 6.45) is 1.57. The Bertz CT molecular complexity index is 1390. The standard InChI is InChI=1S/C23H23N7O3S/c1-15-20(22(33)30(29(15)3)18-7-5-4-6-8-18)26-21(32)16-9-11-17(12-10-16)25-19(31)13-34-23-27-24-14-28(23)2/h4-12,14H,13H2,1-3H3,(H,25,31)(H,26,32). The Morgan fingerprint density at radius 3 is 2.35 bits per heavy atom. The van der Waals surface area contributed by atoms with Gasteiger partial charge in [-0.15, -0.1) is 10.2 Å². The highest BCUT2D eigenvalue weighted by molar-refractivity contribution is 7.99. The second-order valence-electron chi connectivity index (χ2n) is 7.53. The first kappa shape index (κ1) is 23.1. The second-order valence-corrected chi connectivity index (χ2v) is 8.47. The zero-order valence-electron chi connectivity index (χ0n) is 18.8. The monoisotopic (exact) mass is 477 g/mol. The fourth-order valence-corrected chi connectivity index (χ4v) is 4.02. The summed E-state index contributed by atoms with van der Waals surface area (Å²) in [5.74, 6) is -0.441. The summed E-state index contributed by atoms with van der Waals surface area (Å²) in [5.41, 5.74) is 2.16. The summed E-state index contributed by atoms with van der Waals surface area (Å²) in [4.78, 5) is 38.0. The number of carbonyl (C=O) groups excluding carboxylic acids is 2. The molecule has 11 heteroatoms. The fourth-order valence-electron chi connectivity index (χ4n) is 3.33. The molecule has 34 heavy (non-hydrogen) atoms. The Labute approximate surface area is 199 Å². The summed E-state index contributed by atoms with van der Waals surface area (Å²) < 4.78 is 4.93. The topological polar surface area (TPSA) is 116 Å². The summed E-state index contributed by atoms with van der Waals surface area (Å²) in [6, 6.07) is 15.7. The highest BCUT2D eigenvalue weighted by Gasteiger charge is 2.19. The number of rotatable bonds is 7. The number of hydrogen-bond acceptors (Lipinski definition) is 6. The number of aryl methyl sites for hydroxylation is 1. The fraction of sp³-hybridized carbons (Fsp3) is 0.174. The van der Waals surface area contributed by atoms with E-state index < -0.39 is 5.91 Å². The number of nitrogens with zero attached hydrogens (tertiary/aromatic N) is 5. The number of para-hydroxylation sites is 1. The number of hydrogen-bond donors (Lipinski definition) is 2. The van der Waals surface area contributed by atoms with Crippen LogP contribution in [0.25, 0.3) is 5.69 Å². The lowest BCUT2D eigenvalue weighted by molar-refractivity contribution is -0.113. The Balaban J connectivity index is 1.42. The van der Waals surface area contributed by atoms with E-state index in [4.69, 9.17) is 0 Å². The molecule has 0 unspecified atom stereocenters. The maximum Gasteiger partial charge on any atom is 0.295 e. The summed E-state index contributed by atoms with van der Waals surface area (Å²) >= 11 is 1.27. The van der Waals surface area contributed by atoms with Crippen LogP contribution in [0.3, 0.4) is 0 Å². The molecule has 0 bridgehead atoms. The molecule has 2 heterocycles. The summed E-state index contributed by atoms with van der Waals surface area (Å²) in [7, 11) is 3.57. The third kappa shape index (κ3) is 4.79. The predicted molar refractivity (Wildman–Crippen MR) is 130 cm³/mol. The lowest BCUT2D eigenvalue weighted by Gasteiger charge is -2.07. The van der Waals surface area contributed by atoms with Crippen molar-refractivity contribution in [3.05, 3.63) is 82.5 Å². The Kier molecular flexibility index (Phi) is 6.64. The smallest absolute Gasteiger partial charge is 0.295 e. The molecule has 4 rings (SSSR count). The van der Waals surface area contributed by atoms with Gasteiger partial charge in [0, 0.05) is 25.3 Å². The molecule has 0 saturated carbocycles.